The first-order valence-corrected chi connectivity index (χ1v) is 9.19. The molecule has 1 aliphatic rings. The van der Waals surface area contributed by atoms with Gasteiger partial charge < -0.3 is 19.4 Å². The summed E-state index contributed by atoms with van der Waals surface area (Å²) in [4.78, 5) is 17.0. The molecular weight excluding hydrogens is 340 g/mol. The van der Waals surface area contributed by atoms with Gasteiger partial charge in [0.15, 0.2) is 11.5 Å². The molecule has 1 aliphatic heterocycles. The van der Waals surface area contributed by atoms with Crippen LogP contribution in [0.1, 0.15) is 31.4 Å². The average molecular weight is 366 g/mol. The zero-order chi connectivity index (χ0) is 19.4. The van der Waals surface area contributed by atoms with Crippen molar-refractivity contribution in [3.05, 3.63) is 62.4 Å². The Hall–Kier alpha value is -2.79. The van der Waals surface area contributed by atoms with E-state index in [1.807, 2.05) is 31.2 Å². The maximum Gasteiger partial charge on any atom is 0.248 e. The van der Waals surface area contributed by atoms with Crippen molar-refractivity contribution >= 4 is 18.2 Å². The van der Waals surface area contributed by atoms with Crippen molar-refractivity contribution in [3.8, 4) is 11.5 Å². The average Bonchev–Trinajstić information content (AvgIpc) is 3.09. The monoisotopic (exact) mass is 366 g/mol. The third-order valence-corrected chi connectivity index (χ3v) is 4.61. The first-order chi connectivity index (χ1) is 13.0. The van der Waals surface area contributed by atoms with Gasteiger partial charge in [-0.25, -0.2) is 0 Å². The fourth-order valence-corrected chi connectivity index (χ4v) is 3.31. The summed E-state index contributed by atoms with van der Waals surface area (Å²) in [7, 11) is 2.06. The molecule has 0 saturated heterocycles. The van der Waals surface area contributed by atoms with Crippen LogP contribution in [0.2, 0.25) is 0 Å². The Bertz CT molecular complexity index is 1020. The van der Waals surface area contributed by atoms with Gasteiger partial charge in [0.25, 0.3) is 0 Å². The van der Waals surface area contributed by atoms with Gasteiger partial charge in [-0.1, -0.05) is 25.6 Å². The first-order valence-electron chi connectivity index (χ1n) is 9.19. The highest BCUT2D eigenvalue weighted by Crippen LogP contribution is 2.34. The van der Waals surface area contributed by atoms with Crippen LogP contribution >= 0.6 is 0 Å². The summed E-state index contributed by atoms with van der Waals surface area (Å²) in [5.74, 6) is 1.51. The van der Waals surface area contributed by atoms with Crippen LogP contribution in [0.15, 0.2) is 35.1 Å². The number of H-pyrrole nitrogens is 1. The van der Waals surface area contributed by atoms with Crippen LogP contribution in [0.25, 0.3) is 18.2 Å². The maximum atomic E-state index is 12.0. The summed E-state index contributed by atoms with van der Waals surface area (Å²) in [5, 5.41) is 1.57. The molecule has 0 radical (unpaired) electrons. The van der Waals surface area contributed by atoms with E-state index in [0.717, 1.165) is 46.4 Å². The third kappa shape index (κ3) is 4.31. The molecule has 0 saturated carbocycles. The number of nitrogens with one attached hydrogen (secondary N) is 1. The molecule has 0 fully saturated rings. The van der Waals surface area contributed by atoms with Crippen molar-refractivity contribution in [1.29, 1.82) is 0 Å². The third-order valence-electron chi connectivity index (χ3n) is 4.61. The lowest BCUT2D eigenvalue weighted by molar-refractivity contribution is 0.174. The minimum absolute atomic E-state index is 0.123. The summed E-state index contributed by atoms with van der Waals surface area (Å²) >= 11 is 0. The second-order valence-electron chi connectivity index (χ2n) is 6.75. The molecule has 1 aromatic carbocycles. The molecular formula is C22H26N2O3. The maximum absolute atomic E-state index is 12.0. The smallest absolute Gasteiger partial charge is 0.248 e. The standard InChI is InChI=1S/C22H26N2O3/c1-5-9-24(4)13-18-12-22(25)23-15(3)19(18)10-16(6-2)17-7-8-20-21(11-17)27-14-26-20/h6-8,10-12H,3,5,9,13-14H2,1-2,4H3,(H,23,25)/b16-6+,19-10+. The second-order valence-corrected chi connectivity index (χ2v) is 6.75. The quantitative estimate of drug-likeness (QED) is 0.852. The van der Waals surface area contributed by atoms with Crippen LogP contribution in [-0.2, 0) is 6.54 Å². The molecule has 0 aliphatic carbocycles. The Labute approximate surface area is 159 Å². The molecule has 142 valence electrons. The Balaban J connectivity index is 2.06. The predicted octanol–water partition coefficient (Wildman–Crippen LogP) is 2.24. The Kier molecular flexibility index (Phi) is 5.81. The van der Waals surface area contributed by atoms with E-state index in [9.17, 15) is 4.79 Å². The van der Waals surface area contributed by atoms with Crippen LogP contribution in [0.5, 0.6) is 11.5 Å². The van der Waals surface area contributed by atoms with Crippen LogP contribution in [-0.4, -0.2) is 30.3 Å². The van der Waals surface area contributed by atoms with Crippen LogP contribution in [0.4, 0.5) is 0 Å². The summed E-state index contributed by atoms with van der Waals surface area (Å²) in [6, 6.07) is 7.57. The van der Waals surface area contributed by atoms with Gasteiger partial charge >= 0.3 is 0 Å². The van der Waals surface area contributed by atoms with Gasteiger partial charge in [0.1, 0.15) is 0 Å². The van der Waals surface area contributed by atoms with Crippen molar-refractivity contribution in [2.75, 3.05) is 20.4 Å². The number of hydrogen-bond acceptors (Lipinski definition) is 4. The number of benzene rings is 1. The normalized spacial score (nSPS) is 14.2. The van der Waals surface area contributed by atoms with Gasteiger partial charge in [-0.2, -0.15) is 0 Å². The molecule has 3 rings (SSSR count). The molecule has 1 aromatic heterocycles. The van der Waals surface area contributed by atoms with Gasteiger partial charge in [-0.3, -0.25) is 4.79 Å². The molecule has 2 aromatic rings. The SMILES string of the molecule is C=c1[nH]c(=O)cc(CN(C)CCC)/c1=C/C(=C\C)c1ccc2c(c1)OCO2. The summed E-state index contributed by atoms with van der Waals surface area (Å²) in [5.41, 5.74) is 2.91. The molecule has 0 spiro atoms. The number of aromatic nitrogens is 1. The van der Waals surface area contributed by atoms with Gasteiger partial charge in [0.2, 0.25) is 12.4 Å². The lowest BCUT2D eigenvalue weighted by atomic mass is 10.0. The van der Waals surface area contributed by atoms with Crippen molar-refractivity contribution in [2.24, 2.45) is 0 Å². The van der Waals surface area contributed by atoms with E-state index < -0.39 is 0 Å². The Morgan fingerprint density at radius 3 is 2.81 bits per heavy atom. The summed E-state index contributed by atoms with van der Waals surface area (Å²) in [6.45, 7) is 10.1. The molecule has 5 nitrogen and oxygen atoms in total. The molecule has 0 unspecified atom stereocenters. The van der Waals surface area contributed by atoms with Gasteiger partial charge in [-0.15, -0.1) is 0 Å². The number of aromatic amines is 1. The molecule has 0 atom stereocenters. The second kappa shape index (κ2) is 8.27. The fourth-order valence-electron chi connectivity index (χ4n) is 3.31. The number of allylic oxidation sites excluding steroid dienone is 2. The van der Waals surface area contributed by atoms with Crippen LogP contribution in [0, 0.1) is 0 Å². The molecule has 2 heterocycles. The van der Waals surface area contributed by atoms with E-state index in [1.165, 1.54) is 0 Å². The number of rotatable bonds is 6. The molecule has 27 heavy (non-hydrogen) atoms. The molecule has 5 heteroatoms. The largest absolute Gasteiger partial charge is 0.454 e. The minimum Gasteiger partial charge on any atom is -0.454 e. The summed E-state index contributed by atoms with van der Waals surface area (Å²) < 4.78 is 10.9. The van der Waals surface area contributed by atoms with E-state index in [1.54, 1.807) is 6.07 Å². The van der Waals surface area contributed by atoms with E-state index in [-0.39, 0.29) is 12.4 Å². The number of hydrogen-bond donors (Lipinski definition) is 1. The highest BCUT2D eigenvalue weighted by molar-refractivity contribution is 5.89. The Morgan fingerprint density at radius 1 is 1.30 bits per heavy atom. The van der Waals surface area contributed by atoms with Gasteiger partial charge in [0.05, 0.1) is 0 Å². The molecule has 0 amide bonds. The van der Waals surface area contributed by atoms with E-state index >= 15 is 0 Å². The zero-order valence-corrected chi connectivity index (χ0v) is 16.2. The lowest BCUT2D eigenvalue weighted by Crippen LogP contribution is -2.38. The topological polar surface area (TPSA) is 54.6 Å². The Morgan fingerprint density at radius 2 is 2.07 bits per heavy atom. The van der Waals surface area contributed by atoms with Crippen LogP contribution in [0.3, 0.4) is 0 Å². The number of fused-ring (bicyclic) bond motifs is 1. The summed E-state index contributed by atoms with van der Waals surface area (Å²) in [6.07, 6.45) is 5.18. The zero-order valence-electron chi connectivity index (χ0n) is 16.2. The van der Waals surface area contributed by atoms with E-state index in [2.05, 4.69) is 36.5 Å². The van der Waals surface area contributed by atoms with Gasteiger partial charge in [0, 0.05) is 23.2 Å². The highest BCUT2D eigenvalue weighted by atomic mass is 16.7. The van der Waals surface area contributed by atoms with Crippen molar-refractivity contribution in [3.63, 3.8) is 0 Å². The van der Waals surface area contributed by atoms with E-state index in [0.29, 0.717) is 11.9 Å². The lowest BCUT2D eigenvalue weighted by Gasteiger charge is -2.16. The molecule has 0 bridgehead atoms. The fraction of sp³-hybridized carbons (Fsp3) is 0.318. The van der Waals surface area contributed by atoms with Crippen LogP contribution < -0.4 is 25.6 Å². The highest BCUT2D eigenvalue weighted by Gasteiger charge is 2.14. The van der Waals surface area contributed by atoms with Crippen molar-refractivity contribution in [2.45, 2.75) is 26.8 Å². The number of ether oxygens (including phenoxy) is 2. The van der Waals surface area contributed by atoms with Gasteiger partial charge in [-0.05, 0) is 61.8 Å². The van der Waals surface area contributed by atoms with Crippen molar-refractivity contribution in [1.82, 2.24) is 9.88 Å². The number of pyridine rings is 1. The first kappa shape index (κ1) is 19.0. The number of nitrogens with zero attached hydrogens (tertiary/aromatic N) is 1. The minimum atomic E-state index is -0.123. The molecule has 1 N–H and O–H groups in total. The predicted molar refractivity (Wildman–Crippen MR) is 109 cm³/mol. The van der Waals surface area contributed by atoms with E-state index in [4.69, 9.17) is 9.47 Å². The van der Waals surface area contributed by atoms with Crippen molar-refractivity contribution < 1.29 is 9.47 Å².